The zero-order valence-corrected chi connectivity index (χ0v) is 23.9. The van der Waals surface area contributed by atoms with Gasteiger partial charge in [0.05, 0.1) is 22.4 Å². The predicted octanol–water partition coefficient (Wildman–Crippen LogP) is 8.86. The number of aromatic nitrogens is 5. The van der Waals surface area contributed by atoms with Gasteiger partial charge in [-0.2, -0.15) is 9.97 Å². The molecule has 8 aromatic rings. The minimum Gasteiger partial charge on any atom is -0.307 e. The summed E-state index contributed by atoms with van der Waals surface area (Å²) >= 11 is 0. The molecule has 3 aromatic heterocycles. The van der Waals surface area contributed by atoms with E-state index in [1.54, 1.807) is 0 Å². The fourth-order valence-electron chi connectivity index (χ4n) is 6.82. The van der Waals surface area contributed by atoms with E-state index in [1.165, 1.54) is 33.1 Å². The summed E-state index contributed by atoms with van der Waals surface area (Å²) in [6.45, 7) is 0. The van der Waals surface area contributed by atoms with Crippen LogP contribution in [0.4, 0.5) is 0 Å². The summed E-state index contributed by atoms with van der Waals surface area (Å²) in [5, 5.41) is 2.53. The Morgan fingerprint density at radius 2 is 0.841 bits per heavy atom. The zero-order valence-electron chi connectivity index (χ0n) is 23.9. The van der Waals surface area contributed by atoms with Gasteiger partial charge in [0, 0.05) is 27.6 Å². The van der Waals surface area contributed by atoms with Crippen molar-refractivity contribution in [2.45, 2.75) is 12.8 Å². The molecule has 0 saturated heterocycles. The first-order valence-electron chi connectivity index (χ1n) is 15.0. The van der Waals surface area contributed by atoms with Crippen LogP contribution in [0.25, 0.3) is 67.6 Å². The van der Waals surface area contributed by atoms with Gasteiger partial charge in [-0.05, 0) is 48.2 Å². The Balaban J connectivity index is 1.41. The van der Waals surface area contributed by atoms with Crippen molar-refractivity contribution in [3.63, 3.8) is 0 Å². The molecule has 5 nitrogen and oxygen atoms in total. The van der Waals surface area contributed by atoms with E-state index in [-0.39, 0.29) is 0 Å². The first-order valence-corrected chi connectivity index (χ1v) is 15.0. The molecule has 3 heterocycles. The highest BCUT2D eigenvalue weighted by Crippen LogP contribution is 2.46. The Kier molecular flexibility index (Phi) is 5.56. The Morgan fingerprint density at radius 1 is 0.409 bits per heavy atom. The molecule has 0 atom stereocenters. The molecule has 9 rings (SSSR count). The third-order valence-electron chi connectivity index (χ3n) is 8.71. The predicted molar refractivity (Wildman–Crippen MR) is 177 cm³/mol. The minimum atomic E-state index is 0.618. The van der Waals surface area contributed by atoms with Crippen LogP contribution in [0.1, 0.15) is 11.1 Å². The monoisotopic (exact) mass is 565 g/mol. The van der Waals surface area contributed by atoms with Gasteiger partial charge in [-0.25, -0.2) is 4.98 Å². The summed E-state index contributed by atoms with van der Waals surface area (Å²) in [6, 6.07) is 48.5. The molecular weight excluding hydrogens is 538 g/mol. The van der Waals surface area contributed by atoms with Crippen molar-refractivity contribution < 1.29 is 0 Å². The van der Waals surface area contributed by atoms with E-state index in [0.717, 1.165) is 40.9 Å². The molecule has 0 unspecified atom stereocenters. The number of hydrogen-bond donors (Lipinski definition) is 0. The first kappa shape index (κ1) is 24.8. The smallest absolute Gasteiger partial charge is 0.238 e. The lowest BCUT2D eigenvalue weighted by molar-refractivity contribution is 0.888. The first-order chi connectivity index (χ1) is 21.8. The van der Waals surface area contributed by atoms with E-state index >= 15 is 0 Å². The molecule has 208 valence electrons. The molecule has 1 aliphatic rings. The summed E-state index contributed by atoms with van der Waals surface area (Å²) < 4.78 is 4.71. The Hall–Kier alpha value is -5.81. The van der Waals surface area contributed by atoms with Crippen molar-refractivity contribution in [3.8, 4) is 45.8 Å². The third kappa shape index (κ3) is 3.76. The van der Waals surface area contributed by atoms with Crippen LogP contribution in [0, 0.1) is 0 Å². The molecule has 0 N–H and O–H groups in total. The van der Waals surface area contributed by atoms with E-state index in [1.807, 2.05) is 36.4 Å². The number of para-hydroxylation sites is 3. The molecule has 0 amide bonds. The normalized spacial score (nSPS) is 12.4. The Morgan fingerprint density at radius 3 is 1.39 bits per heavy atom. The second-order valence-electron chi connectivity index (χ2n) is 11.2. The van der Waals surface area contributed by atoms with E-state index < -0.39 is 0 Å². The van der Waals surface area contributed by atoms with Crippen molar-refractivity contribution in [2.24, 2.45) is 0 Å². The zero-order chi connectivity index (χ0) is 29.0. The minimum absolute atomic E-state index is 0.618. The maximum absolute atomic E-state index is 5.19. The molecule has 0 fully saturated rings. The molecule has 5 heteroatoms. The quantitative estimate of drug-likeness (QED) is 0.214. The SMILES string of the molecule is c1ccc(-c2nc(-c3ccccc3)nc(-n3c4c(c5ccccc53)CCc3c-4n(-c4ccccc4)c4ccccc34)n2)cc1. The van der Waals surface area contributed by atoms with Gasteiger partial charge in [-0.15, -0.1) is 0 Å². The molecule has 0 aliphatic heterocycles. The van der Waals surface area contributed by atoms with E-state index in [9.17, 15) is 0 Å². The lowest BCUT2D eigenvalue weighted by Crippen LogP contribution is -2.12. The number of benzene rings is 5. The summed E-state index contributed by atoms with van der Waals surface area (Å²) in [5.74, 6) is 1.93. The van der Waals surface area contributed by atoms with Crippen LogP contribution in [0.2, 0.25) is 0 Å². The molecule has 0 radical (unpaired) electrons. The molecular formula is C39H27N5. The summed E-state index contributed by atoms with van der Waals surface area (Å²) in [4.78, 5) is 15.4. The Bertz CT molecular complexity index is 2260. The summed E-state index contributed by atoms with van der Waals surface area (Å²) in [5.41, 5.74) is 10.4. The topological polar surface area (TPSA) is 48.5 Å². The maximum Gasteiger partial charge on any atom is 0.238 e. The summed E-state index contributed by atoms with van der Waals surface area (Å²) in [7, 11) is 0. The lowest BCUT2D eigenvalue weighted by atomic mass is 9.92. The highest BCUT2D eigenvalue weighted by atomic mass is 15.2. The fraction of sp³-hybridized carbons (Fsp3) is 0.0513. The molecule has 0 bridgehead atoms. The van der Waals surface area contributed by atoms with Gasteiger partial charge in [-0.1, -0.05) is 115 Å². The second kappa shape index (κ2) is 9.89. The van der Waals surface area contributed by atoms with Crippen molar-refractivity contribution in [1.29, 1.82) is 0 Å². The molecule has 0 saturated carbocycles. The van der Waals surface area contributed by atoms with Crippen molar-refractivity contribution in [1.82, 2.24) is 24.1 Å². The number of aryl methyl sites for hydroxylation is 2. The molecule has 0 spiro atoms. The maximum atomic E-state index is 5.19. The van der Waals surface area contributed by atoms with Crippen molar-refractivity contribution in [2.75, 3.05) is 0 Å². The average Bonchev–Trinajstić information content (AvgIpc) is 3.62. The van der Waals surface area contributed by atoms with Crippen LogP contribution < -0.4 is 0 Å². The highest BCUT2D eigenvalue weighted by Gasteiger charge is 2.32. The average molecular weight is 566 g/mol. The van der Waals surface area contributed by atoms with Gasteiger partial charge in [0.25, 0.3) is 0 Å². The van der Waals surface area contributed by atoms with Gasteiger partial charge >= 0.3 is 0 Å². The van der Waals surface area contributed by atoms with E-state index in [2.05, 4.69) is 112 Å². The van der Waals surface area contributed by atoms with Crippen LogP contribution in [0.5, 0.6) is 0 Å². The standard InChI is InChI=1S/C39H27N5/c1-4-14-26(15-5-1)37-40-38(27-16-6-2-7-17-27)42-39(41-37)44-34-23-13-11-21-30(34)32-25-24-31-29-20-10-12-22-33(29)43(35(31)36(32)44)28-18-8-3-9-19-28/h1-23H,24-25H2. The van der Waals surface area contributed by atoms with Crippen LogP contribution in [0.3, 0.4) is 0 Å². The number of hydrogen-bond acceptors (Lipinski definition) is 3. The molecule has 44 heavy (non-hydrogen) atoms. The largest absolute Gasteiger partial charge is 0.307 e. The highest BCUT2D eigenvalue weighted by molar-refractivity contribution is 6.00. The Labute approximate surface area is 254 Å². The van der Waals surface area contributed by atoms with Gasteiger partial charge < -0.3 is 4.57 Å². The van der Waals surface area contributed by atoms with Crippen molar-refractivity contribution >= 4 is 21.8 Å². The van der Waals surface area contributed by atoms with Gasteiger partial charge in [-0.3, -0.25) is 4.57 Å². The fourth-order valence-corrected chi connectivity index (χ4v) is 6.82. The number of rotatable bonds is 4. The summed E-state index contributed by atoms with van der Waals surface area (Å²) in [6.07, 6.45) is 1.92. The second-order valence-corrected chi connectivity index (χ2v) is 11.2. The third-order valence-corrected chi connectivity index (χ3v) is 8.71. The molecule has 1 aliphatic carbocycles. The van der Waals surface area contributed by atoms with Crippen LogP contribution in [-0.4, -0.2) is 24.1 Å². The van der Waals surface area contributed by atoms with Gasteiger partial charge in [0.15, 0.2) is 11.6 Å². The number of nitrogens with zero attached hydrogens (tertiary/aromatic N) is 5. The van der Waals surface area contributed by atoms with E-state index in [4.69, 9.17) is 15.0 Å². The van der Waals surface area contributed by atoms with Gasteiger partial charge in [0.1, 0.15) is 0 Å². The lowest BCUT2D eigenvalue weighted by Gasteiger charge is -2.20. The molecule has 5 aromatic carbocycles. The number of fused-ring (bicyclic) bond motifs is 7. The van der Waals surface area contributed by atoms with E-state index in [0.29, 0.717) is 17.6 Å². The van der Waals surface area contributed by atoms with Gasteiger partial charge in [0.2, 0.25) is 5.95 Å². The van der Waals surface area contributed by atoms with Crippen LogP contribution in [0.15, 0.2) is 140 Å². The van der Waals surface area contributed by atoms with Crippen LogP contribution >= 0.6 is 0 Å². The van der Waals surface area contributed by atoms with Crippen molar-refractivity contribution in [3.05, 3.63) is 151 Å². The van der Waals surface area contributed by atoms with Crippen LogP contribution in [-0.2, 0) is 12.8 Å².